The Bertz CT molecular complexity index is 581. The first-order valence-corrected chi connectivity index (χ1v) is 7.98. The summed E-state index contributed by atoms with van der Waals surface area (Å²) in [6, 6.07) is 1.72. The molecular formula is C12H19N3O4S. The summed E-state index contributed by atoms with van der Waals surface area (Å²) in [6.45, 7) is 2.99. The van der Waals surface area contributed by atoms with E-state index in [-0.39, 0.29) is 11.8 Å². The van der Waals surface area contributed by atoms with Gasteiger partial charge in [0.15, 0.2) is 5.76 Å². The van der Waals surface area contributed by atoms with Crippen LogP contribution in [0.4, 0.5) is 0 Å². The molecule has 0 aromatic carbocycles. The number of furan rings is 1. The van der Waals surface area contributed by atoms with Crippen molar-refractivity contribution in [3.05, 3.63) is 23.7 Å². The van der Waals surface area contributed by atoms with Gasteiger partial charge in [0.1, 0.15) is 0 Å². The molecular weight excluding hydrogens is 282 g/mol. The molecule has 1 amide bonds. The van der Waals surface area contributed by atoms with Crippen LogP contribution in [0, 0.1) is 12.8 Å². The van der Waals surface area contributed by atoms with Crippen molar-refractivity contribution in [2.24, 2.45) is 11.1 Å². The van der Waals surface area contributed by atoms with Crippen LogP contribution in [0.1, 0.15) is 29.0 Å². The number of carbonyl (C=O) groups excluding carboxylic acids is 1. The van der Waals surface area contributed by atoms with Crippen molar-refractivity contribution >= 4 is 16.1 Å². The molecule has 8 heteroatoms. The lowest BCUT2D eigenvalue weighted by atomic mass is 10.00. The topological polar surface area (TPSA) is 106 Å². The predicted molar refractivity (Wildman–Crippen MR) is 73.2 cm³/mol. The third kappa shape index (κ3) is 3.59. The third-order valence-corrected chi connectivity index (χ3v) is 4.51. The summed E-state index contributed by atoms with van der Waals surface area (Å²) in [5, 5.41) is 7.89. The van der Waals surface area contributed by atoms with Crippen LogP contribution in [0.2, 0.25) is 0 Å². The standard InChI is InChI=1S/C12H19N3O4S/c1-9-4-6-19-11(9)12(16)14-7-10-3-2-5-15(8-10)20(13,17)18/h4,6,10H,2-3,5,7-8H2,1H3,(H,14,16)(H2,13,17,18). The molecule has 1 aromatic rings. The molecule has 3 N–H and O–H groups in total. The summed E-state index contributed by atoms with van der Waals surface area (Å²) >= 11 is 0. The molecule has 1 saturated heterocycles. The zero-order valence-corrected chi connectivity index (χ0v) is 12.1. The van der Waals surface area contributed by atoms with E-state index >= 15 is 0 Å². The molecule has 0 bridgehead atoms. The van der Waals surface area contributed by atoms with Crippen LogP contribution in [0.15, 0.2) is 16.7 Å². The first kappa shape index (κ1) is 15.0. The van der Waals surface area contributed by atoms with Gasteiger partial charge in [-0.05, 0) is 31.7 Å². The van der Waals surface area contributed by atoms with E-state index in [1.165, 1.54) is 10.6 Å². The largest absolute Gasteiger partial charge is 0.459 e. The summed E-state index contributed by atoms with van der Waals surface area (Å²) in [5.74, 6) is 0.0886. The van der Waals surface area contributed by atoms with Crippen LogP contribution in [0.25, 0.3) is 0 Å². The summed E-state index contributed by atoms with van der Waals surface area (Å²) in [5.41, 5.74) is 0.775. The Morgan fingerprint density at radius 3 is 2.95 bits per heavy atom. The smallest absolute Gasteiger partial charge is 0.287 e. The van der Waals surface area contributed by atoms with E-state index in [0.29, 0.717) is 25.4 Å². The van der Waals surface area contributed by atoms with E-state index in [1.807, 2.05) is 0 Å². The van der Waals surface area contributed by atoms with Crippen LogP contribution < -0.4 is 10.5 Å². The van der Waals surface area contributed by atoms with Gasteiger partial charge < -0.3 is 9.73 Å². The van der Waals surface area contributed by atoms with Crippen molar-refractivity contribution in [2.45, 2.75) is 19.8 Å². The predicted octanol–water partition coefficient (Wildman–Crippen LogP) is 0.233. The van der Waals surface area contributed by atoms with Gasteiger partial charge in [-0.25, -0.2) is 5.14 Å². The molecule has 1 aliphatic rings. The SMILES string of the molecule is Cc1ccoc1C(=O)NCC1CCCN(S(N)(=O)=O)C1. The summed E-state index contributed by atoms with van der Waals surface area (Å²) in [7, 11) is -3.65. The number of aryl methyl sites for hydroxylation is 1. The maximum absolute atomic E-state index is 11.9. The van der Waals surface area contributed by atoms with Gasteiger partial charge in [-0.2, -0.15) is 12.7 Å². The van der Waals surface area contributed by atoms with Crippen LogP contribution >= 0.6 is 0 Å². The zero-order chi connectivity index (χ0) is 14.8. The zero-order valence-electron chi connectivity index (χ0n) is 11.3. The Balaban J connectivity index is 1.88. The quantitative estimate of drug-likeness (QED) is 0.830. The summed E-state index contributed by atoms with van der Waals surface area (Å²) in [6.07, 6.45) is 3.08. The Labute approximate surface area is 118 Å². The second kappa shape index (κ2) is 5.94. The molecule has 0 radical (unpaired) electrons. The van der Waals surface area contributed by atoms with Crippen molar-refractivity contribution in [3.63, 3.8) is 0 Å². The normalized spacial score (nSPS) is 20.8. The Morgan fingerprint density at radius 2 is 2.35 bits per heavy atom. The fourth-order valence-corrected chi connectivity index (χ4v) is 3.15. The van der Waals surface area contributed by atoms with E-state index < -0.39 is 10.2 Å². The highest BCUT2D eigenvalue weighted by Gasteiger charge is 2.26. The first-order chi connectivity index (χ1) is 9.38. The molecule has 7 nitrogen and oxygen atoms in total. The van der Waals surface area contributed by atoms with Crippen molar-refractivity contribution in [3.8, 4) is 0 Å². The number of carbonyl (C=O) groups is 1. The highest BCUT2D eigenvalue weighted by Crippen LogP contribution is 2.17. The number of amides is 1. The van der Waals surface area contributed by atoms with Crippen LogP contribution in [0.3, 0.4) is 0 Å². The van der Waals surface area contributed by atoms with Crippen molar-refractivity contribution in [2.75, 3.05) is 19.6 Å². The van der Waals surface area contributed by atoms with Crippen molar-refractivity contribution in [1.29, 1.82) is 0 Å². The number of nitrogens with two attached hydrogens (primary N) is 1. The number of piperidine rings is 1. The Morgan fingerprint density at radius 1 is 1.60 bits per heavy atom. The molecule has 1 fully saturated rings. The molecule has 0 saturated carbocycles. The number of rotatable bonds is 4. The monoisotopic (exact) mass is 301 g/mol. The molecule has 112 valence electrons. The Kier molecular flexibility index (Phi) is 4.46. The molecule has 0 spiro atoms. The molecule has 2 rings (SSSR count). The van der Waals surface area contributed by atoms with E-state index in [2.05, 4.69) is 5.32 Å². The van der Waals surface area contributed by atoms with Gasteiger partial charge in [0, 0.05) is 25.2 Å². The van der Waals surface area contributed by atoms with Gasteiger partial charge in [-0.1, -0.05) is 0 Å². The second-order valence-corrected chi connectivity index (χ2v) is 6.60. The van der Waals surface area contributed by atoms with Crippen LogP contribution in [-0.2, 0) is 10.2 Å². The molecule has 1 aromatic heterocycles. The summed E-state index contributed by atoms with van der Waals surface area (Å²) < 4.78 is 29.0. The van der Waals surface area contributed by atoms with Crippen molar-refractivity contribution < 1.29 is 17.6 Å². The third-order valence-electron chi connectivity index (χ3n) is 3.46. The van der Waals surface area contributed by atoms with Crippen LogP contribution in [0.5, 0.6) is 0 Å². The minimum atomic E-state index is -3.65. The van der Waals surface area contributed by atoms with E-state index in [4.69, 9.17) is 9.56 Å². The van der Waals surface area contributed by atoms with E-state index in [1.54, 1.807) is 13.0 Å². The molecule has 20 heavy (non-hydrogen) atoms. The minimum Gasteiger partial charge on any atom is -0.459 e. The molecule has 1 atom stereocenters. The lowest BCUT2D eigenvalue weighted by Gasteiger charge is -2.30. The second-order valence-electron chi connectivity index (χ2n) is 5.05. The highest BCUT2D eigenvalue weighted by molar-refractivity contribution is 7.86. The number of hydrogen-bond donors (Lipinski definition) is 2. The first-order valence-electron chi connectivity index (χ1n) is 6.48. The van der Waals surface area contributed by atoms with Crippen molar-refractivity contribution in [1.82, 2.24) is 9.62 Å². The lowest BCUT2D eigenvalue weighted by molar-refractivity contribution is 0.0913. The fraction of sp³-hybridized carbons (Fsp3) is 0.583. The van der Waals surface area contributed by atoms with Gasteiger partial charge in [-0.3, -0.25) is 4.79 Å². The molecule has 1 unspecified atom stereocenters. The average Bonchev–Trinajstić information content (AvgIpc) is 2.82. The van der Waals surface area contributed by atoms with Crippen LogP contribution in [-0.4, -0.2) is 38.3 Å². The van der Waals surface area contributed by atoms with Gasteiger partial charge in [0.2, 0.25) is 0 Å². The molecule has 1 aliphatic heterocycles. The van der Waals surface area contributed by atoms with Gasteiger partial charge in [-0.15, -0.1) is 0 Å². The lowest BCUT2D eigenvalue weighted by Crippen LogP contribution is -2.46. The van der Waals surface area contributed by atoms with E-state index in [0.717, 1.165) is 18.4 Å². The van der Waals surface area contributed by atoms with E-state index in [9.17, 15) is 13.2 Å². The van der Waals surface area contributed by atoms with Gasteiger partial charge >= 0.3 is 0 Å². The number of nitrogens with zero attached hydrogens (tertiary/aromatic N) is 1. The molecule has 2 heterocycles. The minimum absolute atomic E-state index is 0.0706. The number of nitrogens with one attached hydrogen (secondary N) is 1. The molecule has 0 aliphatic carbocycles. The maximum atomic E-state index is 11.9. The number of hydrogen-bond acceptors (Lipinski definition) is 4. The Hall–Kier alpha value is -1.38. The average molecular weight is 301 g/mol. The fourth-order valence-electron chi connectivity index (χ4n) is 2.35. The maximum Gasteiger partial charge on any atom is 0.287 e. The summed E-state index contributed by atoms with van der Waals surface area (Å²) in [4.78, 5) is 11.9. The van der Waals surface area contributed by atoms with Gasteiger partial charge in [0.05, 0.1) is 6.26 Å². The van der Waals surface area contributed by atoms with Gasteiger partial charge in [0.25, 0.3) is 16.1 Å². The highest BCUT2D eigenvalue weighted by atomic mass is 32.2.